The van der Waals surface area contributed by atoms with Crippen LogP contribution in [0.5, 0.6) is 0 Å². The third-order valence-corrected chi connectivity index (χ3v) is 42.2. The van der Waals surface area contributed by atoms with Crippen molar-refractivity contribution < 1.29 is 0 Å². The Hall–Kier alpha value is -3.38. The molecule has 0 heteroatoms. The van der Waals surface area contributed by atoms with Crippen molar-refractivity contribution in [2.45, 2.75) is 649 Å². The highest BCUT2D eigenvalue weighted by atomic mass is 14.5. The highest BCUT2D eigenvalue weighted by Gasteiger charge is 2.45. The molecule has 838 valence electrons. The minimum Gasteiger partial charge on any atom is -0.0885 e. The van der Waals surface area contributed by atoms with Gasteiger partial charge in [-0.3, -0.25) is 0 Å². The Labute approximate surface area is 922 Å². The average Bonchev–Trinajstić information content (AvgIpc) is 1.64. The lowest BCUT2D eigenvalue weighted by atomic mass is 9.65. The Balaban J connectivity index is 0.000000130. The van der Waals surface area contributed by atoms with E-state index in [-0.39, 0.29) is 0 Å². The zero-order valence-electron chi connectivity index (χ0n) is 98.3. The van der Waals surface area contributed by atoms with Crippen LogP contribution < -0.4 is 0 Å². The first-order chi connectivity index (χ1) is 73.5. The summed E-state index contributed by atoms with van der Waals surface area (Å²) in [6, 6.07) is 8.80. The summed E-state index contributed by atoms with van der Waals surface area (Å²) in [5.74, 6) is 23.8. The predicted molar refractivity (Wildman–Crippen MR) is 655 cm³/mol. The molecule has 27 fully saturated rings. The summed E-state index contributed by atoms with van der Waals surface area (Å²) in [6.07, 6.45) is 193. The second kappa shape index (κ2) is 78.7. The second-order valence-electron chi connectivity index (χ2n) is 54.6. The lowest BCUT2D eigenvalue weighted by Crippen LogP contribution is -2.28. The summed E-state index contributed by atoms with van der Waals surface area (Å²) < 4.78 is 0. The molecule has 0 saturated heterocycles. The van der Waals surface area contributed by atoms with E-state index in [0.717, 1.165) is 66.1 Å². The maximum Gasteiger partial charge on any atom is -0.00169 e. The Morgan fingerprint density at radius 1 is 0.162 bits per heavy atom. The van der Waals surface area contributed by atoms with Gasteiger partial charge in [-0.2, -0.15) is 0 Å². The summed E-state index contributed by atoms with van der Waals surface area (Å²) in [5.41, 5.74) is 4.83. The van der Waals surface area contributed by atoms with Crippen LogP contribution in [0.2, 0.25) is 0 Å². The Morgan fingerprint density at radius 2 is 0.473 bits per heavy atom. The van der Waals surface area contributed by atoms with E-state index in [1.165, 1.54) is 501 Å². The molecule has 11 atom stereocenters. The van der Waals surface area contributed by atoms with E-state index < -0.39 is 0 Å². The predicted octanol–water partition coefficient (Wildman–Crippen LogP) is 48.4. The summed E-state index contributed by atoms with van der Waals surface area (Å²) in [5, 5.41) is 0. The quantitative estimate of drug-likeness (QED) is 0.179. The zero-order chi connectivity index (χ0) is 102. The molecule has 0 amide bonds. The summed E-state index contributed by atoms with van der Waals surface area (Å²) in [6.45, 7) is 0. The smallest absolute Gasteiger partial charge is 0.00169 e. The van der Waals surface area contributed by atoms with Gasteiger partial charge in [-0.15, -0.1) is 0 Å². The normalized spacial score (nSPS) is 34.5. The lowest BCUT2D eigenvalue weighted by Gasteiger charge is -2.40. The minimum absolute atomic E-state index is 0.856. The SMILES string of the molecule is C1=CC2CCC1C2.C1=CC2CCCC2=C1.C1=CC2CCCCC2C1.C1=CCC=CC1.C1=CCCC1.C1=CCCC=C1.C1=CCCCC1.C1CC1.C1CC2CC(C1)C2.C1CC2CC12.C1CC2CC2C1.C1CC2CCC1C2.C1CC2CCC1CC2.C1CC2CCCC2C1.C1CCC1.C1CCC2CC2C1.C1CCC2CCCCC2C1.C1CCCC1.C1CCCCC1.C1CCCCCC1.C1CCCCCCC1.c1ccc2c(c1)CCCC2. The van der Waals surface area contributed by atoms with Crippen LogP contribution >= 0.6 is 0 Å². The van der Waals surface area contributed by atoms with Gasteiger partial charge in [0.2, 0.25) is 0 Å². The van der Waals surface area contributed by atoms with Crippen molar-refractivity contribution in [3.8, 4) is 0 Å². The minimum atomic E-state index is 0.856. The van der Waals surface area contributed by atoms with E-state index in [0.29, 0.717) is 0 Å². The van der Waals surface area contributed by atoms with Crippen molar-refractivity contribution in [1.29, 1.82) is 0 Å². The molecular weight excluding hydrogens is 1780 g/mol. The average molecular weight is 2030 g/mol. The number of hydrogen-bond donors (Lipinski definition) is 0. The van der Waals surface area contributed by atoms with Gasteiger partial charge >= 0.3 is 0 Å². The third kappa shape index (κ3) is 54.7. The second-order valence-corrected chi connectivity index (χ2v) is 54.6. The number of hydrogen-bond acceptors (Lipinski definition) is 0. The summed E-state index contributed by atoms with van der Waals surface area (Å²) >= 11 is 0. The molecule has 0 nitrogen and oxygen atoms in total. The molecule has 0 radical (unpaired) electrons. The summed E-state index contributed by atoms with van der Waals surface area (Å²) in [4.78, 5) is 0. The molecule has 0 spiro atoms. The maximum absolute atomic E-state index is 2.43. The van der Waals surface area contributed by atoms with Gasteiger partial charge in [-0.1, -0.05) is 588 Å². The number of benzene rings is 1. The number of rotatable bonds is 0. The van der Waals surface area contributed by atoms with E-state index in [9.17, 15) is 0 Å². The molecule has 148 heavy (non-hydrogen) atoms. The molecule has 0 aromatic heterocycles. The number of fused-ring (bicyclic) bond motifs is 17. The van der Waals surface area contributed by atoms with Crippen LogP contribution in [0.25, 0.3) is 0 Å². The first-order valence-electron chi connectivity index (χ1n) is 69.2. The molecule has 11 unspecified atom stereocenters. The van der Waals surface area contributed by atoms with Gasteiger partial charge in [-0.05, 0) is 341 Å². The van der Waals surface area contributed by atoms with Crippen molar-refractivity contribution in [3.63, 3.8) is 0 Å². The van der Waals surface area contributed by atoms with Crippen LogP contribution in [0.3, 0.4) is 0 Å². The van der Waals surface area contributed by atoms with Gasteiger partial charge in [0.25, 0.3) is 0 Å². The monoisotopic (exact) mass is 2020 g/mol. The first kappa shape index (κ1) is 122. The van der Waals surface area contributed by atoms with E-state index in [1.54, 1.807) is 222 Å². The molecule has 35 aliphatic carbocycles. The summed E-state index contributed by atoms with van der Waals surface area (Å²) in [7, 11) is 0. The van der Waals surface area contributed by atoms with Crippen LogP contribution in [0, 0.1) is 124 Å². The van der Waals surface area contributed by atoms with Gasteiger partial charge in [0, 0.05) is 0 Å². The number of aryl methyl sites for hydroxylation is 2. The van der Waals surface area contributed by atoms with Crippen LogP contribution in [-0.2, 0) is 12.8 Å². The van der Waals surface area contributed by atoms with Crippen molar-refractivity contribution in [1.82, 2.24) is 0 Å². The van der Waals surface area contributed by atoms with Crippen molar-refractivity contribution in [2.24, 2.45) is 124 Å². The zero-order valence-corrected chi connectivity index (χ0v) is 98.3. The fourth-order valence-electron chi connectivity index (χ4n) is 31.1. The van der Waals surface area contributed by atoms with Crippen LogP contribution in [0.4, 0.5) is 0 Å². The molecule has 0 aliphatic heterocycles. The van der Waals surface area contributed by atoms with Gasteiger partial charge < -0.3 is 0 Å². The Bertz CT molecular complexity index is 3400. The standard InChI is InChI=1S/C10H18.C10H12.C9H14.C8H14.C8H10.C8H14.C8H16.C7H12.C7H10.2C7H12.C7H14.C6H10.C6H12.C6H10.2C6H8.C5H8.C5H10.C5H8.C4H8.C3H6/c2*1-2-6-10-8-4-3-7-9(10)5-1;1-2-5-9-7-3-6-8(9)4-1;2*1-3-7-5-2-6-8(7)4-1;1-2-8-5-3-7(1)4-6-8;1-2-4-6-8-7-5-3-1;2*1-2-7-4-3-6(1)5-7;1-2-6-4-7(3-1)5-6;1-2-4-7-5-6(7)3-1;1-2-4-6-7-5-3-1;1-2-5-4-6(5)3-1;4*1-2-4-6-5-3-1;1-2-5-3-4(1)5;2*1-2-4-5-3-1;1-2-4-3-1;1-2-3-1/h9-10H,1-8H2;1-2,5-6H,3-4,7-8H2;3,6,8-9H,1-2,4-5,7H2;7-8H,1-6H2;1,3-4,7H,2,5-6H2;7-8H,1-6H2;1-8H2;6-7H,1-5H2;1-2,6-7H,3-5H2;2*6-7H,1-5H2;1-7H2;5-6H,1-4H2;1-6H2;1-2H,3-6H2;1-2,5-6H,3-4H2;1-4H,5-6H2;4-5H,1-3H2;1-5H2;1-2H,3-5H2;1-4H2;1-3H2. The molecule has 35 aliphatic rings. The van der Waals surface area contributed by atoms with E-state index in [2.05, 4.69) is 140 Å². The molecule has 1 aromatic rings. The van der Waals surface area contributed by atoms with Crippen LogP contribution in [0.15, 0.2) is 145 Å². The van der Waals surface area contributed by atoms with E-state index in [4.69, 9.17) is 0 Å². The van der Waals surface area contributed by atoms with Gasteiger partial charge in [0.15, 0.2) is 0 Å². The lowest BCUT2D eigenvalue weighted by molar-refractivity contribution is 0.116. The van der Waals surface area contributed by atoms with E-state index >= 15 is 0 Å². The van der Waals surface area contributed by atoms with Crippen LogP contribution in [0.1, 0.15) is 647 Å². The fourth-order valence-corrected chi connectivity index (χ4v) is 31.1. The van der Waals surface area contributed by atoms with Crippen molar-refractivity contribution >= 4 is 0 Å². The Morgan fingerprint density at radius 3 is 0.716 bits per heavy atom. The molecule has 1 aromatic carbocycles. The molecule has 36 rings (SSSR count). The fraction of sp³-hybridized carbons (Fsp3) is 0.824. The molecule has 0 N–H and O–H groups in total. The van der Waals surface area contributed by atoms with E-state index in [1.807, 2.05) is 0 Å². The molecule has 27 saturated carbocycles. The molecular formula is C148H246. The van der Waals surface area contributed by atoms with Crippen molar-refractivity contribution in [2.75, 3.05) is 0 Å². The van der Waals surface area contributed by atoms with Crippen molar-refractivity contribution in [3.05, 3.63) is 156 Å². The molecule has 8 bridgehead atoms. The molecule has 0 heterocycles. The maximum atomic E-state index is 2.43. The number of allylic oxidation sites excluding steroid dienone is 20. The third-order valence-electron chi connectivity index (χ3n) is 42.2. The van der Waals surface area contributed by atoms with Gasteiger partial charge in [0.1, 0.15) is 0 Å². The Kier molecular flexibility index (Phi) is 64.7. The highest BCUT2D eigenvalue weighted by molar-refractivity contribution is 5.30. The van der Waals surface area contributed by atoms with Gasteiger partial charge in [-0.25, -0.2) is 0 Å². The highest BCUT2D eigenvalue weighted by Crippen LogP contribution is 2.56. The first-order valence-corrected chi connectivity index (χ1v) is 69.2. The largest absolute Gasteiger partial charge is 0.0885 e. The van der Waals surface area contributed by atoms with Crippen LogP contribution in [-0.4, -0.2) is 0 Å². The van der Waals surface area contributed by atoms with Gasteiger partial charge in [0.05, 0.1) is 0 Å². The topological polar surface area (TPSA) is 0 Å².